The summed E-state index contributed by atoms with van der Waals surface area (Å²) in [7, 11) is 1.55. The largest absolute Gasteiger partial charge is 0.383 e. The van der Waals surface area contributed by atoms with Crippen LogP contribution in [0.5, 0.6) is 0 Å². The van der Waals surface area contributed by atoms with E-state index in [4.69, 9.17) is 4.74 Å². The topological polar surface area (TPSA) is 109 Å². The molecule has 8 nitrogen and oxygen atoms in total. The van der Waals surface area contributed by atoms with Gasteiger partial charge in [0.15, 0.2) is 0 Å². The molecule has 152 valence electrons. The van der Waals surface area contributed by atoms with Crippen molar-refractivity contribution in [2.45, 2.75) is 36.9 Å². The van der Waals surface area contributed by atoms with Crippen LogP contribution in [0.3, 0.4) is 0 Å². The third kappa shape index (κ3) is 4.77. The Bertz CT molecular complexity index is 772. The van der Waals surface area contributed by atoms with Crippen molar-refractivity contribution in [2.75, 3.05) is 25.6 Å². The number of thioether (sulfide) groups is 1. The number of methoxy groups -OCH3 is 1. The quantitative estimate of drug-likeness (QED) is 0.547. The molecule has 4 unspecified atom stereocenters. The molecule has 28 heavy (non-hydrogen) atoms. The monoisotopic (exact) mass is 406 g/mol. The number of benzene rings is 1. The molecule has 0 saturated carbocycles. The minimum absolute atomic E-state index is 0.0152. The number of urea groups is 1. The first-order valence-electron chi connectivity index (χ1n) is 9.29. The Morgan fingerprint density at radius 3 is 2.93 bits per heavy atom. The summed E-state index contributed by atoms with van der Waals surface area (Å²) < 4.78 is 5.23. The number of hydrogen-bond acceptors (Lipinski definition) is 5. The summed E-state index contributed by atoms with van der Waals surface area (Å²) >= 11 is 1.40. The highest BCUT2D eigenvalue weighted by Crippen LogP contribution is 2.28. The SMILES string of the molecule is COCC(SC1NC(=O)NCC1C)C(=O)NC(C)c1ccc2c(c1)CC(=O)N2. The van der Waals surface area contributed by atoms with Crippen molar-refractivity contribution in [3.63, 3.8) is 0 Å². The lowest BCUT2D eigenvalue weighted by Gasteiger charge is -2.32. The van der Waals surface area contributed by atoms with Crippen LogP contribution < -0.4 is 21.3 Å². The average molecular weight is 407 g/mol. The van der Waals surface area contributed by atoms with Gasteiger partial charge in [-0.3, -0.25) is 9.59 Å². The maximum Gasteiger partial charge on any atom is 0.315 e. The van der Waals surface area contributed by atoms with Gasteiger partial charge in [0.05, 0.1) is 24.4 Å². The lowest BCUT2D eigenvalue weighted by Crippen LogP contribution is -2.54. The van der Waals surface area contributed by atoms with Gasteiger partial charge in [-0.25, -0.2) is 4.79 Å². The summed E-state index contributed by atoms with van der Waals surface area (Å²) in [5, 5.41) is 10.8. The molecule has 2 heterocycles. The van der Waals surface area contributed by atoms with Crippen LogP contribution in [0.2, 0.25) is 0 Å². The van der Waals surface area contributed by atoms with Gasteiger partial charge in [0.25, 0.3) is 0 Å². The summed E-state index contributed by atoms with van der Waals surface area (Å²) in [5.41, 5.74) is 2.71. The number of carbonyl (C=O) groups is 3. The van der Waals surface area contributed by atoms with Crippen LogP contribution in [0, 0.1) is 5.92 Å². The molecule has 0 aliphatic carbocycles. The average Bonchev–Trinajstić information content (AvgIpc) is 3.03. The molecule has 4 N–H and O–H groups in total. The lowest BCUT2D eigenvalue weighted by molar-refractivity contribution is -0.122. The van der Waals surface area contributed by atoms with E-state index >= 15 is 0 Å². The number of hydrogen-bond donors (Lipinski definition) is 4. The molecule has 0 spiro atoms. The van der Waals surface area contributed by atoms with Crippen LogP contribution in [0.15, 0.2) is 18.2 Å². The van der Waals surface area contributed by atoms with Gasteiger partial charge in [0, 0.05) is 25.3 Å². The molecule has 4 atom stereocenters. The van der Waals surface area contributed by atoms with Crippen LogP contribution >= 0.6 is 11.8 Å². The van der Waals surface area contributed by atoms with Crippen molar-refractivity contribution in [1.82, 2.24) is 16.0 Å². The Labute approximate surface area is 168 Å². The summed E-state index contributed by atoms with van der Waals surface area (Å²) in [5.74, 6) is 0.0293. The molecule has 2 aliphatic rings. The highest BCUT2D eigenvalue weighted by atomic mass is 32.2. The van der Waals surface area contributed by atoms with Gasteiger partial charge < -0.3 is 26.0 Å². The molecule has 1 saturated heterocycles. The zero-order chi connectivity index (χ0) is 20.3. The summed E-state index contributed by atoms with van der Waals surface area (Å²) in [4.78, 5) is 36.0. The van der Waals surface area contributed by atoms with E-state index in [9.17, 15) is 14.4 Å². The number of amides is 4. The van der Waals surface area contributed by atoms with E-state index in [2.05, 4.69) is 21.3 Å². The van der Waals surface area contributed by atoms with Gasteiger partial charge in [-0.2, -0.15) is 0 Å². The number of fused-ring (bicyclic) bond motifs is 1. The third-order valence-corrected chi connectivity index (χ3v) is 6.46. The molecule has 1 aromatic carbocycles. The smallest absolute Gasteiger partial charge is 0.315 e. The Morgan fingerprint density at radius 2 is 2.18 bits per heavy atom. The fourth-order valence-electron chi connectivity index (χ4n) is 3.26. The van der Waals surface area contributed by atoms with E-state index in [-0.39, 0.29) is 41.8 Å². The van der Waals surface area contributed by atoms with Gasteiger partial charge in [0.1, 0.15) is 5.25 Å². The Morgan fingerprint density at radius 1 is 1.39 bits per heavy atom. The molecule has 1 aromatic rings. The van der Waals surface area contributed by atoms with E-state index < -0.39 is 5.25 Å². The van der Waals surface area contributed by atoms with Crippen molar-refractivity contribution < 1.29 is 19.1 Å². The number of anilines is 1. The van der Waals surface area contributed by atoms with Crippen molar-refractivity contribution in [3.05, 3.63) is 29.3 Å². The minimum atomic E-state index is -0.448. The second-order valence-electron chi connectivity index (χ2n) is 7.20. The van der Waals surface area contributed by atoms with Crippen LogP contribution in [0.4, 0.5) is 10.5 Å². The van der Waals surface area contributed by atoms with E-state index in [1.807, 2.05) is 32.0 Å². The molecule has 1 fully saturated rings. The molecular weight excluding hydrogens is 380 g/mol. The second-order valence-corrected chi connectivity index (χ2v) is 8.55. The van der Waals surface area contributed by atoms with E-state index in [0.717, 1.165) is 16.8 Å². The highest BCUT2D eigenvalue weighted by Gasteiger charge is 2.31. The van der Waals surface area contributed by atoms with Gasteiger partial charge in [-0.1, -0.05) is 19.1 Å². The van der Waals surface area contributed by atoms with Gasteiger partial charge >= 0.3 is 6.03 Å². The standard InChI is InChI=1S/C19H26N4O4S/c1-10-8-20-19(26)23-18(10)28-15(9-27-3)17(25)21-11(2)12-4-5-14-13(6-12)7-16(24)22-14/h4-6,10-11,15,18H,7-9H2,1-3H3,(H,21,25)(H,22,24)(H2,20,23,26). The molecule has 4 amide bonds. The van der Waals surface area contributed by atoms with E-state index in [1.54, 1.807) is 7.11 Å². The van der Waals surface area contributed by atoms with Gasteiger partial charge in [-0.05, 0) is 24.1 Å². The Hall–Kier alpha value is -2.26. The molecule has 3 rings (SSSR count). The Balaban J connectivity index is 1.64. The second kappa shape index (κ2) is 8.83. The van der Waals surface area contributed by atoms with Crippen molar-refractivity contribution in [2.24, 2.45) is 5.92 Å². The summed E-state index contributed by atoms with van der Waals surface area (Å²) in [6, 6.07) is 5.29. The Kier molecular flexibility index (Phi) is 6.46. The lowest BCUT2D eigenvalue weighted by atomic mass is 10.0. The third-order valence-electron chi connectivity index (χ3n) is 4.91. The van der Waals surface area contributed by atoms with Crippen LogP contribution in [0.1, 0.15) is 31.0 Å². The maximum absolute atomic E-state index is 12.9. The predicted octanol–water partition coefficient (Wildman–Crippen LogP) is 1.38. The summed E-state index contributed by atoms with van der Waals surface area (Å²) in [6.45, 7) is 4.75. The maximum atomic E-state index is 12.9. The number of carbonyl (C=O) groups excluding carboxylic acids is 3. The van der Waals surface area contributed by atoms with Crippen molar-refractivity contribution >= 4 is 35.3 Å². The van der Waals surface area contributed by atoms with E-state index in [0.29, 0.717) is 13.0 Å². The number of rotatable bonds is 7. The molecular formula is C19H26N4O4S. The van der Waals surface area contributed by atoms with Crippen LogP contribution in [-0.4, -0.2) is 48.7 Å². The summed E-state index contributed by atoms with van der Waals surface area (Å²) in [6.07, 6.45) is 0.360. The van der Waals surface area contributed by atoms with Gasteiger partial charge in [0.2, 0.25) is 11.8 Å². The first kappa shape index (κ1) is 20.5. The molecule has 2 aliphatic heterocycles. The van der Waals surface area contributed by atoms with Crippen molar-refractivity contribution in [3.8, 4) is 0 Å². The van der Waals surface area contributed by atoms with Gasteiger partial charge in [-0.15, -0.1) is 11.8 Å². The normalized spacial score (nSPS) is 23.1. The first-order chi connectivity index (χ1) is 13.4. The fourth-order valence-corrected chi connectivity index (χ4v) is 4.56. The predicted molar refractivity (Wildman–Crippen MR) is 108 cm³/mol. The van der Waals surface area contributed by atoms with Crippen molar-refractivity contribution in [1.29, 1.82) is 0 Å². The zero-order valence-corrected chi connectivity index (χ0v) is 17.0. The fraction of sp³-hybridized carbons (Fsp3) is 0.526. The number of nitrogens with one attached hydrogen (secondary N) is 4. The zero-order valence-electron chi connectivity index (χ0n) is 16.2. The minimum Gasteiger partial charge on any atom is -0.383 e. The first-order valence-corrected chi connectivity index (χ1v) is 10.2. The van der Waals surface area contributed by atoms with E-state index in [1.165, 1.54) is 11.8 Å². The number of ether oxygens (including phenoxy) is 1. The highest BCUT2D eigenvalue weighted by molar-refractivity contribution is 8.01. The molecule has 0 radical (unpaired) electrons. The van der Waals surface area contributed by atoms with Crippen LogP contribution in [0.25, 0.3) is 0 Å². The van der Waals surface area contributed by atoms with Crippen LogP contribution in [-0.2, 0) is 20.7 Å². The molecule has 0 bridgehead atoms. The molecule has 9 heteroatoms. The molecule has 0 aromatic heterocycles.